The third kappa shape index (κ3) is 2.75. The Kier molecular flexibility index (Phi) is 3.72. The molecule has 1 heterocycles. The average Bonchev–Trinajstić information content (AvgIpc) is 2.51. The van der Waals surface area contributed by atoms with Gasteiger partial charge in [-0.2, -0.15) is 0 Å². The maximum atomic E-state index is 12.9. The molecule has 0 amide bonds. The molecule has 110 valence electrons. The van der Waals surface area contributed by atoms with E-state index in [0.29, 0.717) is 16.8 Å². The van der Waals surface area contributed by atoms with Crippen molar-refractivity contribution < 1.29 is 4.39 Å². The molecular formula is C15H10BrFN4O. The fraction of sp³-hybridized carbons (Fsp3) is 0. The summed E-state index contributed by atoms with van der Waals surface area (Å²) < 4.78 is 13.7. The van der Waals surface area contributed by atoms with Gasteiger partial charge in [0.25, 0.3) is 5.56 Å². The van der Waals surface area contributed by atoms with Crippen LogP contribution in [0.1, 0.15) is 0 Å². The highest BCUT2D eigenvalue weighted by molar-refractivity contribution is 9.10. The number of nitrogens with zero attached hydrogens (tertiary/aromatic N) is 2. The van der Waals surface area contributed by atoms with E-state index in [9.17, 15) is 9.18 Å². The van der Waals surface area contributed by atoms with E-state index in [2.05, 4.69) is 31.1 Å². The second-order valence-corrected chi connectivity index (χ2v) is 5.51. The summed E-state index contributed by atoms with van der Waals surface area (Å²) in [5, 5.41) is 7.95. The SMILES string of the molecule is Nc1ccc(Br)cc1-c1nnc(-c2ccc(F)cc2)c(=O)[nH]1. The molecule has 2 aromatic carbocycles. The predicted octanol–water partition coefficient (Wildman–Crippen LogP) is 2.98. The van der Waals surface area contributed by atoms with E-state index in [1.807, 2.05) is 0 Å². The number of rotatable bonds is 2. The molecule has 3 aromatic rings. The van der Waals surface area contributed by atoms with Crippen LogP contribution < -0.4 is 11.3 Å². The first-order valence-electron chi connectivity index (χ1n) is 6.33. The Hall–Kier alpha value is -2.54. The summed E-state index contributed by atoms with van der Waals surface area (Å²) in [6.07, 6.45) is 0. The molecule has 3 N–H and O–H groups in total. The van der Waals surface area contributed by atoms with Gasteiger partial charge in [0.15, 0.2) is 11.5 Å². The zero-order chi connectivity index (χ0) is 15.7. The number of H-pyrrole nitrogens is 1. The first-order valence-corrected chi connectivity index (χ1v) is 7.12. The Balaban J connectivity index is 2.08. The summed E-state index contributed by atoms with van der Waals surface area (Å²) >= 11 is 3.34. The Morgan fingerprint density at radius 1 is 1.09 bits per heavy atom. The second kappa shape index (κ2) is 5.69. The number of hydrogen-bond donors (Lipinski definition) is 2. The number of nitrogen functional groups attached to an aromatic ring is 1. The van der Waals surface area contributed by atoms with Gasteiger partial charge in [-0.05, 0) is 42.5 Å². The zero-order valence-electron chi connectivity index (χ0n) is 11.2. The number of aromatic nitrogens is 3. The van der Waals surface area contributed by atoms with Crippen molar-refractivity contribution in [2.45, 2.75) is 0 Å². The molecule has 7 heteroatoms. The topological polar surface area (TPSA) is 84.7 Å². The van der Waals surface area contributed by atoms with Crippen LogP contribution in [-0.2, 0) is 0 Å². The lowest BCUT2D eigenvalue weighted by molar-refractivity contribution is 0.628. The van der Waals surface area contributed by atoms with Gasteiger partial charge in [0.1, 0.15) is 5.82 Å². The standard InChI is InChI=1S/C15H10BrFN4O/c16-9-3-6-12(18)11(7-9)14-19-15(22)13(20-21-14)8-1-4-10(17)5-2-8/h1-7H,18H2,(H,19,21,22). The van der Waals surface area contributed by atoms with Gasteiger partial charge in [0.2, 0.25) is 0 Å². The molecule has 0 unspecified atom stereocenters. The molecule has 0 aliphatic rings. The number of nitrogens with two attached hydrogens (primary N) is 1. The molecule has 1 aromatic heterocycles. The molecule has 0 saturated heterocycles. The normalized spacial score (nSPS) is 10.6. The highest BCUT2D eigenvalue weighted by Crippen LogP contribution is 2.25. The molecular weight excluding hydrogens is 351 g/mol. The van der Waals surface area contributed by atoms with Crippen LogP contribution in [-0.4, -0.2) is 15.2 Å². The van der Waals surface area contributed by atoms with Gasteiger partial charge in [-0.25, -0.2) is 4.39 Å². The van der Waals surface area contributed by atoms with Crippen LogP contribution in [0.4, 0.5) is 10.1 Å². The van der Waals surface area contributed by atoms with Crippen LogP contribution in [0.2, 0.25) is 0 Å². The number of nitrogens with one attached hydrogen (secondary N) is 1. The third-order valence-corrected chi connectivity index (χ3v) is 3.58. The van der Waals surface area contributed by atoms with Crippen molar-refractivity contribution in [3.05, 3.63) is 63.1 Å². The zero-order valence-corrected chi connectivity index (χ0v) is 12.8. The fourth-order valence-corrected chi connectivity index (χ4v) is 2.35. The van der Waals surface area contributed by atoms with Crippen molar-refractivity contribution in [1.29, 1.82) is 0 Å². The van der Waals surface area contributed by atoms with Gasteiger partial charge in [-0.3, -0.25) is 4.79 Å². The molecule has 0 atom stereocenters. The van der Waals surface area contributed by atoms with Gasteiger partial charge in [-0.15, -0.1) is 10.2 Å². The maximum absolute atomic E-state index is 12.9. The summed E-state index contributed by atoms with van der Waals surface area (Å²) in [5.74, 6) is -0.110. The predicted molar refractivity (Wildman–Crippen MR) is 85.6 cm³/mol. The van der Waals surface area contributed by atoms with E-state index in [1.165, 1.54) is 24.3 Å². The Labute approximate surface area is 133 Å². The molecule has 0 aliphatic carbocycles. The minimum Gasteiger partial charge on any atom is -0.398 e. The quantitative estimate of drug-likeness (QED) is 0.688. The summed E-state index contributed by atoms with van der Waals surface area (Å²) in [4.78, 5) is 14.8. The van der Waals surface area contributed by atoms with Crippen LogP contribution in [0.5, 0.6) is 0 Å². The van der Waals surface area contributed by atoms with E-state index >= 15 is 0 Å². The average molecular weight is 361 g/mol. The van der Waals surface area contributed by atoms with Gasteiger partial charge >= 0.3 is 0 Å². The van der Waals surface area contributed by atoms with Gasteiger partial charge in [-0.1, -0.05) is 15.9 Å². The van der Waals surface area contributed by atoms with Crippen molar-refractivity contribution in [2.75, 3.05) is 5.73 Å². The van der Waals surface area contributed by atoms with Crippen LogP contribution in [0, 0.1) is 5.82 Å². The highest BCUT2D eigenvalue weighted by Gasteiger charge is 2.11. The molecule has 0 saturated carbocycles. The van der Waals surface area contributed by atoms with Gasteiger partial charge < -0.3 is 10.7 Å². The van der Waals surface area contributed by atoms with Crippen molar-refractivity contribution >= 4 is 21.6 Å². The van der Waals surface area contributed by atoms with Crippen molar-refractivity contribution in [3.8, 4) is 22.6 Å². The number of benzene rings is 2. The number of hydrogen-bond acceptors (Lipinski definition) is 4. The van der Waals surface area contributed by atoms with E-state index in [0.717, 1.165) is 4.47 Å². The highest BCUT2D eigenvalue weighted by atomic mass is 79.9. The molecule has 22 heavy (non-hydrogen) atoms. The lowest BCUT2D eigenvalue weighted by Crippen LogP contribution is -2.14. The monoisotopic (exact) mass is 360 g/mol. The molecule has 0 bridgehead atoms. The molecule has 5 nitrogen and oxygen atoms in total. The van der Waals surface area contributed by atoms with E-state index in [1.54, 1.807) is 18.2 Å². The Bertz CT molecular complexity index is 893. The van der Waals surface area contributed by atoms with Crippen LogP contribution >= 0.6 is 15.9 Å². The molecule has 0 radical (unpaired) electrons. The smallest absolute Gasteiger partial charge is 0.278 e. The molecule has 0 spiro atoms. The molecule has 3 rings (SSSR count). The number of anilines is 1. The van der Waals surface area contributed by atoms with Crippen molar-refractivity contribution in [1.82, 2.24) is 15.2 Å². The lowest BCUT2D eigenvalue weighted by Gasteiger charge is -2.06. The summed E-state index contributed by atoms with van der Waals surface area (Å²) in [5.41, 5.74) is 7.13. The van der Waals surface area contributed by atoms with E-state index < -0.39 is 5.56 Å². The first kappa shape index (κ1) is 14.4. The van der Waals surface area contributed by atoms with Gasteiger partial charge in [0, 0.05) is 21.3 Å². The molecule has 0 aliphatic heterocycles. The fourth-order valence-electron chi connectivity index (χ4n) is 1.99. The molecule has 0 fully saturated rings. The minimum absolute atomic E-state index is 0.123. The van der Waals surface area contributed by atoms with Crippen molar-refractivity contribution in [3.63, 3.8) is 0 Å². The second-order valence-electron chi connectivity index (χ2n) is 4.59. The van der Waals surface area contributed by atoms with Crippen LogP contribution in [0.3, 0.4) is 0 Å². The Morgan fingerprint density at radius 2 is 1.82 bits per heavy atom. The number of aromatic amines is 1. The first-order chi connectivity index (χ1) is 10.5. The Morgan fingerprint density at radius 3 is 2.50 bits per heavy atom. The number of halogens is 2. The van der Waals surface area contributed by atoms with Crippen molar-refractivity contribution in [2.24, 2.45) is 0 Å². The lowest BCUT2D eigenvalue weighted by atomic mass is 10.1. The van der Waals surface area contributed by atoms with E-state index in [-0.39, 0.29) is 17.3 Å². The van der Waals surface area contributed by atoms with Crippen LogP contribution in [0.15, 0.2) is 51.7 Å². The maximum Gasteiger partial charge on any atom is 0.278 e. The van der Waals surface area contributed by atoms with Crippen LogP contribution in [0.25, 0.3) is 22.6 Å². The largest absolute Gasteiger partial charge is 0.398 e. The van der Waals surface area contributed by atoms with E-state index in [4.69, 9.17) is 5.73 Å². The summed E-state index contributed by atoms with van der Waals surface area (Å²) in [6, 6.07) is 10.7. The summed E-state index contributed by atoms with van der Waals surface area (Å²) in [6.45, 7) is 0. The third-order valence-electron chi connectivity index (χ3n) is 3.09. The minimum atomic E-state index is -0.420. The summed E-state index contributed by atoms with van der Waals surface area (Å²) in [7, 11) is 0. The van der Waals surface area contributed by atoms with Gasteiger partial charge in [0.05, 0.1) is 0 Å².